The SMILES string of the molecule is CC(O)c1cccc(NC(=O)Cc2ccc(-c3ncc(C(=O)N(C4CC4)C4CCN(C(=O)OC(C)(C)C)CC4)cn3)cc2)c1. The van der Waals surface area contributed by atoms with Crippen LogP contribution >= 0.6 is 0 Å². The minimum absolute atomic E-state index is 0.0558. The van der Waals surface area contributed by atoms with Gasteiger partial charge in [0.25, 0.3) is 5.91 Å². The highest BCUT2D eigenvalue weighted by molar-refractivity contribution is 5.94. The van der Waals surface area contributed by atoms with Gasteiger partial charge in [0.2, 0.25) is 5.91 Å². The number of aliphatic hydroxyl groups excluding tert-OH is 1. The molecule has 5 rings (SSSR count). The van der Waals surface area contributed by atoms with Crippen LogP contribution in [0.1, 0.15) is 81.0 Å². The van der Waals surface area contributed by atoms with Crippen LogP contribution in [0.4, 0.5) is 10.5 Å². The first kappa shape index (κ1) is 31.1. The summed E-state index contributed by atoms with van der Waals surface area (Å²) >= 11 is 0. The fourth-order valence-corrected chi connectivity index (χ4v) is 5.41. The van der Waals surface area contributed by atoms with Gasteiger partial charge in [0.1, 0.15) is 5.60 Å². The second-order valence-corrected chi connectivity index (χ2v) is 12.7. The first-order chi connectivity index (χ1) is 21.0. The number of aliphatic hydroxyl groups is 1. The van der Waals surface area contributed by atoms with E-state index in [4.69, 9.17) is 4.74 Å². The van der Waals surface area contributed by atoms with Crippen LogP contribution in [-0.4, -0.2) is 73.6 Å². The van der Waals surface area contributed by atoms with Gasteiger partial charge < -0.3 is 25.0 Å². The molecule has 2 N–H and O–H groups in total. The molecule has 1 atom stereocenters. The first-order valence-electron chi connectivity index (χ1n) is 15.3. The average molecular weight is 600 g/mol. The average Bonchev–Trinajstić information content (AvgIpc) is 3.82. The van der Waals surface area contributed by atoms with Crippen molar-refractivity contribution < 1.29 is 24.2 Å². The van der Waals surface area contributed by atoms with Crippen LogP contribution in [0.3, 0.4) is 0 Å². The number of rotatable bonds is 8. The van der Waals surface area contributed by atoms with E-state index in [1.54, 1.807) is 42.4 Å². The molecule has 3 aromatic rings. The Morgan fingerprint density at radius 3 is 2.23 bits per heavy atom. The number of anilines is 1. The first-order valence-corrected chi connectivity index (χ1v) is 15.3. The summed E-state index contributed by atoms with van der Waals surface area (Å²) in [7, 11) is 0. The highest BCUT2D eigenvalue weighted by Crippen LogP contribution is 2.33. The smallest absolute Gasteiger partial charge is 0.410 e. The summed E-state index contributed by atoms with van der Waals surface area (Å²) in [5.74, 6) is 0.265. The van der Waals surface area contributed by atoms with E-state index in [1.165, 1.54) is 0 Å². The number of hydrogen-bond acceptors (Lipinski definition) is 7. The summed E-state index contributed by atoms with van der Waals surface area (Å²) in [6.07, 6.45) is 5.82. The number of hydrogen-bond donors (Lipinski definition) is 2. The molecular formula is C34H41N5O5. The molecule has 0 spiro atoms. The maximum Gasteiger partial charge on any atom is 0.410 e. The van der Waals surface area contributed by atoms with Gasteiger partial charge in [0.15, 0.2) is 5.82 Å². The Morgan fingerprint density at radius 1 is 1.00 bits per heavy atom. The van der Waals surface area contributed by atoms with E-state index in [9.17, 15) is 19.5 Å². The Kier molecular flexibility index (Phi) is 9.29. The Hall–Kier alpha value is -4.31. The molecule has 10 nitrogen and oxygen atoms in total. The molecule has 1 aromatic heterocycles. The number of carbonyl (C=O) groups is 3. The second-order valence-electron chi connectivity index (χ2n) is 12.7. The van der Waals surface area contributed by atoms with Crippen LogP contribution < -0.4 is 5.32 Å². The third-order valence-corrected chi connectivity index (χ3v) is 7.81. The lowest BCUT2D eigenvalue weighted by molar-refractivity contribution is -0.115. The molecule has 2 fully saturated rings. The van der Waals surface area contributed by atoms with Gasteiger partial charge in [-0.15, -0.1) is 0 Å². The number of aromatic nitrogens is 2. The molecule has 0 radical (unpaired) electrons. The second kappa shape index (κ2) is 13.1. The van der Waals surface area contributed by atoms with Crippen molar-refractivity contribution in [1.29, 1.82) is 0 Å². The molecule has 0 bridgehead atoms. The maximum absolute atomic E-state index is 13.6. The number of nitrogens with zero attached hydrogens (tertiary/aromatic N) is 4. The van der Waals surface area contributed by atoms with Crippen molar-refractivity contribution >= 4 is 23.6 Å². The predicted molar refractivity (Wildman–Crippen MR) is 167 cm³/mol. The van der Waals surface area contributed by atoms with Gasteiger partial charge in [-0.05, 0) is 76.6 Å². The van der Waals surface area contributed by atoms with E-state index < -0.39 is 11.7 Å². The number of benzene rings is 2. The zero-order chi connectivity index (χ0) is 31.4. The Balaban J connectivity index is 1.17. The molecule has 2 aliphatic rings. The van der Waals surface area contributed by atoms with Gasteiger partial charge in [-0.1, -0.05) is 36.4 Å². The molecule has 232 valence electrons. The number of piperidine rings is 1. The van der Waals surface area contributed by atoms with Gasteiger partial charge in [0.05, 0.1) is 18.1 Å². The van der Waals surface area contributed by atoms with Crippen molar-refractivity contribution in [1.82, 2.24) is 19.8 Å². The molecule has 1 aliphatic heterocycles. The lowest BCUT2D eigenvalue weighted by Crippen LogP contribution is -2.50. The predicted octanol–water partition coefficient (Wildman–Crippen LogP) is 5.38. The molecule has 10 heteroatoms. The van der Waals surface area contributed by atoms with E-state index in [-0.39, 0.29) is 36.4 Å². The van der Waals surface area contributed by atoms with Crippen molar-refractivity contribution in [2.45, 2.75) is 83.6 Å². The minimum atomic E-state index is -0.610. The van der Waals surface area contributed by atoms with Crippen LogP contribution in [-0.2, 0) is 16.0 Å². The number of nitrogens with one attached hydrogen (secondary N) is 1. The van der Waals surface area contributed by atoms with E-state index in [0.717, 1.165) is 29.5 Å². The highest BCUT2D eigenvalue weighted by atomic mass is 16.6. The third-order valence-electron chi connectivity index (χ3n) is 7.81. The summed E-state index contributed by atoms with van der Waals surface area (Å²) in [6.45, 7) is 8.37. The van der Waals surface area contributed by atoms with Gasteiger partial charge in [-0.2, -0.15) is 0 Å². The molecule has 1 saturated carbocycles. The van der Waals surface area contributed by atoms with Gasteiger partial charge >= 0.3 is 6.09 Å². The van der Waals surface area contributed by atoms with Crippen LogP contribution in [0, 0.1) is 0 Å². The van der Waals surface area contributed by atoms with E-state index in [0.29, 0.717) is 43.0 Å². The van der Waals surface area contributed by atoms with Crippen LogP contribution in [0.15, 0.2) is 60.9 Å². The fourth-order valence-electron chi connectivity index (χ4n) is 5.41. The van der Waals surface area contributed by atoms with Gasteiger partial charge in [0, 0.05) is 48.8 Å². The van der Waals surface area contributed by atoms with E-state index >= 15 is 0 Å². The summed E-state index contributed by atoms with van der Waals surface area (Å²) in [4.78, 5) is 51.3. The summed E-state index contributed by atoms with van der Waals surface area (Å²) in [6, 6.07) is 14.9. The topological polar surface area (TPSA) is 125 Å². The number of amides is 3. The van der Waals surface area contributed by atoms with Gasteiger partial charge in [-0.3, -0.25) is 9.59 Å². The van der Waals surface area contributed by atoms with Crippen molar-refractivity contribution in [3.05, 3.63) is 77.6 Å². The molecule has 2 heterocycles. The molecule has 44 heavy (non-hydrogen) atoms. The zero-order valence-corrected chi connectivity index (χ0v) is 25.8. The molecule has 1 aliphatic carbocycles. The zero-order valence-electron chi connectivity index (χ0n) is 25.8. The molecule has 1 saturated heterocycles. The van der Waals surface area contributed by atoms with Crippen LogP contribution in [0.2, 0.25) is 0 Å². The van der Waals surface area contributed by atoms with E-state index in [1.807, 2.05) is 56.0 Å². The van der Waals surface area contributed by atoms with Crippen molar-refractivity contribution in [2.75, 3.05) is 18.4 Å². The summed E-state index contributed by atoms with van der Waals surface area (Å²) < 4.78 is 5.52. The van der Waals surface area contributed by atoms with E-state index in [2.05, 4.69) is 15.3 Å². The van der Waals surface area contributed by atoms with Crippen molar-refractivity contribution in [3.8, 4) is 11.4 Å². The molecule has 2 aromatic carbocycles. The fraction of sp³-hybridized carbons (Fsp3) is 0.441. The number of carbonyl (C=O) groups excluding carboxylic acids is 3. The van der Waals surface area contributed by atoms with Crippen LogP contribution in [0.5, 0.6) is 0 Å². The summed E-state index contributed by atoms with van der Waals surface area (Å²) in [5.41, 5.74) is 2.90. The Bertz CT molecular complexity index is 1470. The normalized spacial score (nSPS) is 16.2. The minimum Gasteiger partial charge on any atom is -0.444 e. The Labute approximate surface area is 258 Å². The lowest BCUT2D eigenvalue weighted by atomic mass is 10.0. The molecular weight excluding hydrogens is 558 g/mol. The number of likely N-dealkylation sites (tertiary alicyclic amines) is 1. The summed E-state index contributed by atoms with van der Waals surface area (Å²) in [5, 5.41) is 12.7. The molecule has 3 amide bonds. The highest BCUT2D eigenvalue weighted by Gasteiger charge is 2.40. The largest absolute Gasteiger partial charge is 0.444 e. The van der Waals surface area contributed by atoms with Crippen molar-refractivity contribution in [3.63, 3.8) is 0 Å². The van der Waals surface area contributed by atoms with Gasteiger partial charge in [-0.25, -0.2) is 14.8 Å². The Morgan fingerprint density at radius 2 is 1.64 bits per heavy atom. The quantitative estimate of drug-likeness (QED) is 0.356. The molecule has 1 unspecified atom stereocenters. The monoisotopic (exact) mass is 599 g/mol. The third kappa shape index (κ3) is 7.99. The van der Waals surface area contributed by atoms with Crippen LogP contribution in [0.25, 0.3) is 11.4 Å². The van der Waals surface area contributed by atoms with Crippen molar-refractivity contribution in [2.24, 2.45) is 0 Å². The lowest BCUT2D eigenvalue weighted by Gasteiger charge is -2.39. The standard InChI is InChI=1S/C34H41N5O5/c1-22(40)25-6-5-7-27(19-25)37-30(41)18-23-8-10-24(11-9-23)31-35-20-26(21-36-31)32(42)39(28-12-13-28)29-14-16-38(17-15-29)33(43)44-34(2,3)4/h5-11,19-22,28-29,40H,12-18H2,1-4H3,(H,37,41). The maximum atomic E-state index is 13.6. The number of ether oxygens (including phenoxy) is 1.